The van der Waals surface area contributed by atoms with E-state index in [4.69, 9.17) is 11.6 Å². The van der Waals surface area contributed by atoms with Gasteiger partial charge >= 0.3 is 0 Å². The second-order valence-electron chi connectivity index (χ2n) is 4.17. The number of halogens is 3. The van der Waals surface area contributed by atoms with Crippen LogP contribution in [0.2, 0.25) is 0 Å². The average molecular weight is 282 g/mol. The van der Waals surface area contributed by atoms with Crippen LogP contribution < -0.4 is 4.90 Å². The lowest BCUT2D eigenvalue weighted by molar-refractivity contribution is 0.625. The van der Waals surface area contributed by atoms with E-state index in [1.165, 1.54) is 24.3 Å². The standard InChI is InChI=1S/C15H14ClF2N/c1-2-19(14-5-3-12(17)4-6-14)15-8-11(10-16)7-13(18)9-15/h3-9H,2,10H2,1H3. The second-order valence-corrected chi connectivity index (χ2v) is 4.44. The van der Waals surface area contributed by atoms with Gasteiger partial charge in [-0.05, 0) is 55.0 Å². The number of nitrogens with zero attached hydrogens (tertiary/aromatic N) is 1. The first-order chi connectivity index (χ1) is 9.13. The van der Waals surface area contributed by atoms with Crippen molar-refractivity contribution in [3.63, 3.8) is 0 Å². The van der Waals surface area contributed by atoms with Gasteiger partial charge in [0.05, 0.1) is 0 Å². The normalized spacial score (nSPS) is 10.5. The molecule has 19 heavy (non-hydrogen) atoms. The fraction of sp³-hybridized carbons (Fsp3) is 0.200. The smallest absolute Gasteiger partial charge is 0.125 e. The summed E-state index contributed by atoms with van der Waals surface area (Å²) in [6.07, 6.45) is 0. The molecule has 0 saturated carbocycles. The summed E-state index contributed by atoms with van der Waals surface area (Å²) in [6.45, 7) is 2.60. The maximum Gasteiger partial charge on any atom is 0.125 e. The lowest BCUT2D eigenvalue weighted by Crippen LogP contribution is -2.16. The zero-order valence-corrected chi connectivity index (χ0v) is 11.3. The minimum Gasteiger partial charge on any atom is -0.342 e. The second kappa shape index (κ2) is 6.02. The summed E-state index contributed by atoms with van der Waals surface area (Å²) >= 11 is 5.75. The van der Waals surface area contributed by atoms with E-state index in [0.29, 0.717) is 12.2 Å². The quantitative estimate of drug-likeness (QED) is 0.723. The molecule has 0 aliphatic heterocycles. The van der Waals surface area contributed by atoms with Crippen LogP contribution in [0.25, 0.3) is 0 Å². The Hall–Kier alpha value is -1.61. The van der Waals surface area contributed by atoms with E-state index in [1.807, 2.05) is 17.9 Å². The van der Waals surface area contributed by atoms with E-state index in [0.717, 1.165) is 11.3 Å². The summed E-state index contributed by atoms with van der Waals surface area (Å²) in [4.78, 5) is 1.90. The third kappa shape index (κ3) is 3.24. The van der Waals surface area contributed by atoms with Crippen molar-refractivity contribution in [1.29, 1.82) is 0 Å². The molecule has 0 spiro atoms. The van der Waals surface area contributed by atoms with Crippen LogP contribution in [0.3, 0.4) is 0 Å². The summed E-state index contributed by atoms with van der Waals surface area (Å²) in [7, 11) is 0. The Labute approximate surface area is 116 Å². The number of hydrogen-bond donors (Lipinski definition) is 0. The van der Waals surface area contributed by atoms with Gasteiger partial charge in [0.15, 0.2) is 0 Å². The molecule has 0 aromatic heterocycles. The Balaban J connectivity index is 2.41. The third-order valence-electron chi connectivity index (χ3n) is 2.86. The van der Waals surface area contributed by atoms with Crippen LogP contribution in [0.1, 0.15) is 12.5 Å². The number of alkyl halides is 1. The van der Waals surface area contributed by atoms with Gasteiger partial charge in [0.2, 0.25) is 0 Å². The Kier molecular flexibility index (Phi) is 4.38. The minimum absolute atomic E-state index is 0.256. The zero-order valence-electron chi connectivity index (χ0n) is 10.5. The highest BCUT2D eigenvalue weighted by Gasteiger charge is 2.10. The summed E-state index contributed by atoms with van der Waals surface area (Å²) in [5.41, 5.74) is 2.25. The number of anilines is 2. The van der Waals surface area contributed by atoms with Crippen molar-refractivity contribution >= 4 is 23.0 Å². The van der Waals surface area contributed by atoms with Crippen LogP contribution in [-0.4, -0.2) is 6.54 Å². The van der Waals surface area contributed by atoms with Crippen LogP contribution in [0, 0.1) is 11.6 Å². The fourth-order valence-corrected chi connectivity index (χ4v) is 2.16. The van der Waals surface area contributed by atoms with Gasteiger partial charge < -0.3 is 4.90 Å². The molecule has 0 N–H and O–H groups in total. The number of hydrogen-bond acceptors (Lipinski definition) is 1. The van der Waals surface area contributed by atoms with Crippen molar-refractivity contribution in [2.45, 2.75) is 12.8 Å². The Morgan fingerprint density at radius 1 is 0.947 bits per heavy atom. The van der Waals surface area contributed by atoms with Crippen LogP contribution in [0.5, 0.6) is 0 Å². The van der Waals surface area contributed by atoms with Gasteiger partial charge in [-0.3, -0.25) is 0 Å². The van der Waals surface area contributed by atoms with Crippen molar-refractivity contribution in [2.75, 3.05) is 11.4 Å². The molecule has 0 bridgehead atoms. The van der Waals surface area contributed by atoms with Gasteiger partial charge in [-0.25, -0.2) is 8.78 Å². The van der Waals surface area contributed by atoms with E-state index < -0.39 is 0 Å². The molecule has 2 aromatic rings. The van der Waals surface area contributed by atoms with Gasteiger partial charge in [0.25, 0.3) is 0 Å². The van der Waals surface area contributed by atoms with Crippen molar-refractivity contribution in [3.05, 3.63) is 59.7 Å². The molecule has 0 amide bonds. The molecule has 0 aliphatic rings. The first-order valence-electron chi connectivity index (χ1n) is 6.02. The Morgan fingerprint density at radius 2 is 1.63 bits per heavy atom. The fourth-order valence-electron chi connectivity index (χ4n) is 2.00. The van der Waals surface area contributed by atoms with Gasteiger partial charge in [0.1, 0.15) is 11.6 Å². The van der Waals surface area contributed by atoms with E-state index >= 15 is 0 Å². The molecule has 0 aliphatic carbocycles. The molecular formula is C15H14ClF2N. The highest BCUT2D eigenvalue weighted by atomic mass is 35.5. The Bertz CT molecular complexity index is 555. The minimum atomic E-state index is -0.325. The molecule has 0 saturated heterocycles. The summed E-state index contributed by atoms with van der Waals surface area (Å²) in [5, 5.41) is 0. The first kappa shape index (κ1) is 13.8. The van der Waals surface area contributed by atoms with Gasteiger partial charge in [-0.2, -0.15) is 0 Å². The monoisotopic (exact) mass is 281 g/mol. The average Bonchev–Trinajstić information content (AvgIpc) is 2.41. The molecular weight excluding hydrogens is 268 g/mol. The predicted octanol–water partition coefficient (Wildman–Crippen LogP) is 4.86. The molecule has 100 valence electrons. The molecule has 0 radical (unpaired) electrons. The zero-order chi connectivity index (χ0) is 13.8. The van der Waals surface area contributed by atoms with Crippen molar-refractivity contribution in [3.8, 4) is 0 Å². The lowest BCUT2D eigenvalue weighted by Gasteiger charge is -2.24. The topological polar surface area (TPSA) is 3.24 Å². The van der Waals surface area contributed by atoms with Crippen LogP contribution >= 0.6 is 11.6 Å². The van der Waals surface area contributed by atoms with Gasteiger partial charge in [0, 0.05) is 23.8 Å². The maximum atomic E-state index is 13.5. The van der Waals surface area contributed by atoms with Crippen LogP contribution in [-0.2, 0) is 5.88 Å². The first-order valence-corrected chi connectivity index (χ1v) is 6.56. The van der Waals surface area contributed by atoms with E-state index in [2.05, 4.69) is 0 Å². The highest BCUT2D eigenvalue weighted by Crippen LogP contribution is 2.27. The molecule has 0 unspecified atom stereocenters. The molecule has 0 atom stereocenters. The predicted molar refractivity (Wildman–Crippen MR) is 75.0 cm³/mol. The molecule has 0 heterocycles. The van der Waals surface area contributed by atoms with Crippen molar-refractivity contribution in [2.24, 2.45) is 0 Å². The molecule has 0 fully saturated rings. The molecule has 1 nitrogen and oxygen atoms in total. The largest absolute Gasteiger partial charge is 0.342 e. The maximum absolute atomic E-state index is 13.5. The van der Waals surface area contributed by atoms with E-state index in [1.54, 1.807) is 12.1 Å². The summed E-state index contributed by atoms with van der Waals surface area (Å²) < 4.78 is 26.5. The van der Waals surface area contributed by atoms with E-state index in [9.17, 15) is 8.78 Å². The van der Waals surface area contributed by atoms with Crippen molar-refractivity contribution < 1.29 is 8.78 Å². The molecule has 4 heteroatoms. The molecule has 2 rings (SSSR count). The highest BCUT2D eigenvalue weighted by molar-refractivity contribution is 6.17. The van der Waals surface area contributed by atoms with E-state index in [-0.39, 0.29) is 17.5 Å². The number of benzene rings is 2. The third-order valence-corrected chi connectivity index (χ3v) is 3.17. The number of rotatable bonds is 4. The Morgan fingerprint density at radius 3 is 2.21 bits per heavy atom. The van der Waals surface area contributed by atoms with Crippen LogP contribution in [0.15, 0.2) is 42.5 Å². The van der Waals surface area contributed by atoms with Crippen molar-refractivity contribution in [1.82, 2.24) is 0 Å². The SMILES string of the molecule is CCN(c1ccc(F)cc1)c1cc(F)cc(CCl)c1. The summed E-state index contributed by atoms with van der Waals surface area (Å²) in [5.74, 6) is -0.361. The van der Waals surface area contributed by atoms with Crippen LogP contribution in [0.4, 0.5) is 20.2 Å². The summed E-state index contributed by atoms with van der Waals surface area (Å²) in [6, 6.07) is 10.8. The van der Waals surface area contributed by atoms with Gasteiger partial charge in [-0.1, -0.05) is 0 Å². The molecule has 2 aromatic carbocycles. The van der Waals surface area contributed by atoms with Gasteiger partial charge in [-0.15, -0.1) is 11.6 Å². The lowest BCUT2D eigenvalue weighted by atomic mass is 10.1.